The van der Waals surface area contributed by atoms with Gasteiger partial charge in [0.15, 0.2) is 23.3 Å². The van der Waals surface area contributed by atoms with E-state index in [1.165, 1.54) is 12.5 Å². The molecule has 1 aromatic heterocycles. The van der Waals surface area contributed by atoms with E-state index < -0.39 is 49.9 Å². The van der Waals surface area contributed by atoms with Crippen molar-refractivity contribution in [3.05, 3.63) is 29.2 Å². The quantitative estimate of drug-likeness (QED) is 0.354. The molecule has 0 aliphatic heterocycles. The van der Waals surface area contributed by atoms with Gasteiger partial charge in [0.1, 0.15) is 5.52 Å². The van der Waals surface area contributed by atoms with Crippen LogP contribution in [0, 0.1) is 29.2 Å². The summed E-state index contributed by atoms with van der Waals surface area (Å²) in [4.78, 5) is 1.94. The van der Waals surface area contributed by atoms with E-state index in [9.17, 15) is 22.0 Å². The maximum atomic E-state index is 14.1. The van der Waals surface area contributed by atoms with Gasteiger partial charge in [-0.25, -0.2) is 22.5 Å². The number of halogens is 5. The van der Waals surface area contributed by atoms with Gasteiger partial charge in [0.05, 0.1) is 15.2 Å². The van der Waals surface area contributed by atoms with Crippen LogP contribution < -0.4 is 0 Å². The number of thioether (sulfide) groups is 2. The molecule has 0 fully saturated rings. The van der Waals surface area contributed by atoms with Crippen LogP contribution in [0.25, 0.3) is 10.9 Å². The lowest BCUT2D eigenvalue weighted by Gasteiger charge is -2.11. The summed E-state index contributed by atoms with van der Waals surface area (Å²) in [5, 5.41) is -0.547. The molecule has 1 nitrogen and oxygen atoms in total. The van der Waals surface area contributed by atoms with Crippen LogP contribution in [0.1, 0.15) is 0 Å². The van der Waals surface area contributed by atoms with Crippen molar-refractivity contribution in [1.82, 2.24) is 4.98 Å². The predicted molar refractivity (Wildman–Crippen MR) is 65.1 cm³/mol. The van der Waals surface area contributed by atoms with E-state index in [-0.39, 0.29) is 0 Å². The second kappa shape index (κ2) is 5.16. The lowest BCUT2D eigenvalue weighted by atomic mass is 10.2. The fourth-order valence-electron chi connectivity index (χ4n) is 1.66. The largest absolute Gasteiger partial charge is 0.250 e. The molecule has 1 aromatic carbocycles. The van der Waals surface area contributed by atoms with Gasteiger partial charge >= 0.3 is 0 Å². The minimum absolute atomic E-state index is 0.436. The molecule has 0 amide bonds. The Hall–Kier alpha value is -1.02. The van der Waals surface area contributed by atoms with Gasteiger partial charge in [-0.2, -0.15) is 4.39 Å². The van der Waals surface area contributed by atoms with Gasteiger partial charge in [0.25, 0.3) is 5.95 Å². The van der Waals surface area contributed by atoms with Crippen molar-refractivity contribution in [2.24, 2.45) is 0 Å². The van der Waals surface area contributed by atoms with E-state index in [0.29, 0.717) is 23.5 Å². The average molecular weight is 311 g/mol. The fourth-order valence-corrected chi connectivity index (χ4v) is 2.86. The lowest BCUT2D eigenvalue weighted by Crippen LogP contribution is -2.03. The van der Waals surface area contributed by atoms with E-state index in [1.54, 1.807) is 0 Å². The number of rotatable bonds is 2. The molecule has 0 unspecified atom stereocenters. The molecule has 8 heteroatoms. The summed E-state index contributed by atoms with van der Waals surface area (Å²) < 4.78 is 68.1. The van der Waals surface area contributed by atoms with Gasteiger partial charge in [-0.1, -0.05) is 0 Å². The molecule has 102 valence electrons. The number of hydrogen-bond acceptors (Lipinski definition) is 3. The van der Waals surface area contributed by atoms with Crippen molar-refractivity contribution < 1.29 is 22.0 Å². The van der Waals surface area contributed by atoms with Crippen molar-refractivity contribution in [1.29, 1.82) is 0 Å². The highest BCUT2D eigenvalue weighted by molar-refractivity contribution is 7.99. The van der Waals surface area contributed by atoms with Gasteiger partial charge in [0, 0.05) is 0 Å². The molecule has 0 spiro atoms. The molecule has 0 radical (unpaired) electrons. The Kier molecular flexibility index (Phi) is 3.91. The molecule has 1 heterocycles. The number of hydrogen-bond donors (Lipinski definition) is 0. The molecule has 0 atom stereocenters. The number of benzene rings is 1. The highest BCUT2D eigenvalue weighted by Gasteiger charge is 2.26. The van der Waals surface area contributed by atoms with Gasteiger partial charge < -0.3 is 0 Å². The number of aromatic nitrogens is 1. The topological polar surface area (TPSA) is 12.9 Å². The molecule has 0 saturated carbocycles. The highest BCUT2D eigenvalue weighted by Crippen LogP contribution is 2.38. The molecule has 2 aromatic rings. The molecule has 19 heavy (non-hydrogen) atoms. The van der Waals surface area contributed by atoms with Crippen LogP contribution in [0.15, 0.2) is 9.79 Å². The monoisotopic (exact) mass is 311 g/mol. The zero-order valence-electron chi connectivity index (χ0n) is 9.65. The summed E-state index contributed by atoms with van der Waals surface area (Å²) in [6.07, 6.45) is 2.72. The minimum atomic E-state index is -1.59. The normalized spacial score (nSPS) is 11.3. The Bertz CT molecular complexity index is 674. The fraction of sp³-hybridized carbons (Fsp3) is 0.182. The van der Waals surface area contributed by atoms with E-state index in [4.69, 9.17) is 0 Å². The maximum Gasteiger partial charge on any atom is 0.250 e. The summed E-state index contributed by atoms with van der Waals surface area (Å²) in [5.41, 5.74) is -0.851. The number of nitrogens with zero attached hydrogens (tertiary/aromatic N) is 1. The Morgan fingerprint density at radius 2 is 1.32 bits per heavy atom. The summed E-state index contributed by atoms with van der Waals surface area (Å²) in [6.45, 7) is 0. The average Bonchev–Trinajstić information content (AvgIpc) is 2.39. The molecule has 0 N–H and O–H groups in total. The molecule has 0 aliphatic rings. The molecule has 0 bridgehead atoms. The first-order chi connectivity index (χ1) is 8.93. The summed E-state index contributed by atoms with van der Waals surface area (Å²) in [6, 6.07) is 0. The Balaban J connectivity index is 3.08. The van der Waals surface area contributed by atoms with Gasteiger partial charge in [-0.05, 0) is 12.5 Å². The minimum Gasteiger partial charge on any atom is -0.214 e. The Morgan fingerprint density at radius 1 is 0.737 bits per heavy atom. The molecular formula is C11H6F5NS2. The zero-order valence-corrected chi connectivity index (χ0v) is 11.3. The zero-order chi connectivity index (χ0) is 14.3. The van der Waals surface area contributed by atoms with Gasteiger partial charge in [-0.15, -0.1) is 23.5 Å². The van der Waals surface area contributed by atoms with Crippen LogP contribution in [0.2, 0.25) is 0 Å². The first-order valence-electron chi connectivity index (χ1n) is 4.87. The van der Waals surface area contributed by atoms with Crippen molar-refractivity contribution in [2.45, 2.75) is 9.79 Å². The first kappa shape index (κ1) is 14.4. The smallest absolute Gasteiger partial charge is 0.214 e. The van der Waals surface area contributed by atoms with Crippen molar-refractivity contribution in [3.8, 4) is 0 Å². The van der Waals surface area contributed by atoms with E-state index in [0.717, 1.165) is 0 Å². The third-order valence-corrected chi connectivity index (χ3v) is 4.04. The van der Waals surface area contributed by atoms with Crippen LogP contribution in [-0.4, -0.2) is 17.5 Å². The van der Waals surface area contributed by atoms with E-state index in [2.05, 4.69) is 4.98 Å². The Morgan fingerprint density at radius 3 is 1.84 bits per heavy atom. The van der Waals surface area contributed by atoms with Gasteiger partial charge in [-0.3, -0.25) is 0 Å². The van der Waals surface area contributed by atoms with Crippen molar-refractivity contribution in [3.63, 3.8) is 0 Å². The highest BCUT2D eigenvalue weighted by atomic mass is 32.2. The SMILES string of the molecule is CSc1c(F)c(F)c2nc(F)c(F)c(SC)c2c1F. The standard InChI is InChI=1S/C11H6F5NS2/c1-18-9-3-4(12)10(19-2)6(14)5(13)8(3)17-11(16)7(9)15/h1-2H3. The lowest BCUT2D eigenvalue weighted by molar-refractivity contribution is 0.453. The second-order valence-electron chi connectivity index (χ2n) is 3.45. The molecule has 0 saturated heterocycles. The van der Waals surface area contributed by atoms with E-state index >= 15 is 0 Å². The van der Waals surface area contributed by atoms with Crippen LogP contribution in [0.5, 0.6) is 0 Å². The number of fused-ring (bicyclic) bond motifs is 1. The summed E-state index contributed by atoms with van der Waals surface area (Å²) in [5.74, 6) is -7.06. The van der Waals surface area contributed by atoms with Crippen LogP contribution in [-0.2, 0) is 0 Å². The number of pyridine rings is 1. The molecule has 0 aliphatic carbocycles. The maximum absolute atomic E-state index is 14.1. The van der Waals surface area contributed by atoms with Crippen LogP contribution in [0.3, 0.4) is 0 Å². The summed E-state index contributed by atoms with van der Waals surface area (Å²) in [7, 11) is 0. The third kappa shape index (κ3) is 2.06. The molecule has 2 rings (SSSR count). The van der Waals surface area contributed by atoms with Crippen molar-refractivity contribution >= 4 is 34.4 Å². The van der Waals surface area contributed by atoms with Crippen LogP contribution >= 0.6 is 23.5 Å². The van der Waals surface area contributed by atoms with Crippen molar-refractivity contribution in [2.75, 3.05) is 12.5 Å². The second-order valence-corrected chi connectivity index (χ2v) is 5.08. The van der Waals surface area contributed by atoms with Gasteiger partial charge in [0.2, 0.25) is 0 Å². The third-order valence-electron chi connectivity index (χ3n) is 2.48. The first-order valence-corrected chi connectivity index (χ1v) is 7.32. The molecular weight excluding hydrogens is 305 g/mol. The summed E-state index contributed by atoms with van der Waals surface area (Å²) >= 11 is 1.33. The Labute approximate surface area is 113 Å². The van der Waals surface area contributed by atoms with Crippen LogP contribution in [0.4, 0.5) is 22.0 Å². The predicted octanol–water partition coefficient (Wildman–Crippen LogP) is 4.37. The van der Waals surface area contributed by atoms with E-state index in [1.807, 2.05) is 0 Å².